The minimum atomic E-state index is -0.838. The summed E-state index contributed by atoms with van der Waals surface area (Å²) in [5, 5.41) is 12.8. The first-order valence-electron chi connectivity index (χ1n) is 6.80. The van der Waals surface area contributed by atoms with Crippen LogP contribution in [0.2, 0.25) is 0 Å². The number of benzene rings is 1. The fourth-order valence-electron chi connectivity index (χ4n) is 2.56. The summed E-state index contributed by atoms with van der Waals surface area (Å²) in [6, 6.07) is 4.82. The van der Waals surface area contributed by atoms with Gasteiger partial charge in [-0.1, -0.05) is 6.07 Å². The normalized spacial score (nSPS) is 17.3. The second-order valence-corrected chi connectivity index (χ2v) is 6.30. The highest BCUT2D eigenvalue weighted by Gasteiger charge is 2.30. The molecule has 2 N–H and O–H groups in total. The molecular formula is C15H15FN2O2S. The average Bonchev–Trinajstić information content (AvgIpc) is 2.84. The van der Waals surface area contributed by atoms with E-state index >= 15 is 0 Å². The first kappa shape index (κ1) is 14.0. The second-order valence-electron chi connectivity index (χ2n) is 5.22. The van der Waals surface area contributed by atoms with Gasteiger partial charge in [0, 0.05) is 4.88 Å². The zero-order valence-corrected chi connectivity index (χ0v) is 12.3. The van der Waals surface area contributed by atoms with Gasteiger partial charge in [0.15, 0.2) is 5.13 Å². The largest absolute Gasteiger partial charge is 0.481 e. The standard InChI is InChI=1S/C15H15FN2O2S/c1-8-5-6-10(16)11(7-8)17-15-18-13-9(14(19)20)3-2-4-12(13)21-15/h5-7,9H,2-4H2,1H3,(H,17,18)(H,19,20). The molecule has 1 aliphatic carbocycles. The SMILES string of the molecule is Cc1ccc(F)c(Nc2nc3c(s2)CCCC3C(=O)O)c1. The topological polar surface area (TPSA) is 62.2 Å². The number of aliphatic carboxylic acids is 1. The Morgan fingerprint density at radius 3 is 3.10 bits per heavy atom. The number of carbonyl (C=O) groups is 1. The van der Waals surface area contributed by atoms with Gasteiger partial charge in [-0.05, 0) is 43.9 Å². The Labute approximate surface area is 125 Å². The Bertz CT molecular complexity index is 699. The number of nitrogens with zero attached hydrogens (tertiary/aromatic N) is 1. The number of hydrogen-bond acceptors (Lipinski definition) is 4. The van der Waals surface area contributed by atoms with Gasteiger partial charge in [0.25, 0.3) is 0 Å². The maximum absolute atomic E-state index is 13.8. The second kappa shape index (κ2) is 5.44. The average molecular weight is 306 g/mol. The van der Waals surface area contributed by atoms with Crippen molar-refractivity contribution in [2.24, 2.45) is 0 Å². The third-order valence-corrected chi connectivity index (χ3v) is 4.66. The number of aryl methyl sites for hydroxylation is 2. The van der Waals surface area contributed by atoms with E-state index in [-0.39, 0.29) is 5.82 Å². The van der Waals surface area contributed by atoms with Crippen molar-refractivity contribution >= 4 is 28.1 Å². The molecule has 1 heterocycles. The van der Waals surface area contributed by atoms with Crippen molar-refractivity contribution in [3.8, 4) is 0 Å². The molecule has 1 aromatic heterocycles. The molecule has 6 heteroatoms. The van der Waals surface area contributed by atoms with Gasteiger partial charge in [0.1, 0.15) is 11.7 Å². The minimum absolute atomic E-state index is 0.344. The van der Waals surface area contributed by atoms with E-state index in [2.05, 4.69) is 10.3 Å². The number of thiazole rings is 1. The van der Waals surface area contributed by atoms with Crippen LogP contribution in [0.15, 0.2) is 18.2 Å². The van der Waals surface area contributed by atoms with Gasteiger partial charge in [-0.25, -0.2) is 9.37 Å². The minimum Gasteiger partial charge on any atom is -0.481 e. The third kappa shape index (κ3) is 2.76. The highest BCUT2D eigenvalue weighted by molar-refractivity contribution is 7.15. The molecule has 0 radical (unpaired) electrons. The summed E-state index contributed by atoms with van der Waals surface area (Å²) in [4.78, 5) is 16.6. The molecule has 0 aliphatic heterocycles. The van der Waals surface area contributed by atoms with E-state index in [9.17, 15) is 14.3 Å². The molecule has 0 saturated heterocycles. The van der Waals surface area contributed by atoms with Crippen LogP contribution in [0.25, 0.3) is 0 Å². The highest BCUT2D eigenvalue weighted by Crippen LogP contribution is 2.37. The molecule has 0 bridgehead atoms. The van der Waals surface area contributed by atoms with Crippen molar-refractivity contribution in [2.45, 2.75) is 32.1 Å². The molecule has 1 atom stereocenters. The van der Waals surface area contributed by atoms with E-state index < -0.39 is 11.9 Å². The number of halogens is 1. The molecule has 4 nitrogen and oxygen atoms in total. The Balaban J connectivity index is 1.91. The maximum atomic E-state index is 13.8. The predicted octanol–water partition coefficient (Wildman–Crippen LogP) is 3.84. The number of rotatable bonds is 3. The number of fused-ring (bicyclic) bond motifs is 1. The van der Waals surface area contributed by atoms with Gasteiger partial charge in [0.05, 0.1) is 11.4 Å². The third-order valence-electron chi connectivity index (χ3n) is 3.62. The number of anilines is 2. The summed E-state index contributed by atoms with van der Waals surface area (Å²) in [6.45, 7) is 1.89. The summed E-state index contributed by atoms with van der Waals surface area (Å²) in [6.07, 6.45) is 2.31. The van der Waals surface area contributed by atoms with Crippen LogP contribution in [0.5, 0.6) is 0 Å². The lowest BCUT2D eigenvalue weighted by atomic mass is 9.91. The van der Waals surface area contributed by atoms with Crippen molar-refractivity contribution in [1.82, 2.24) is 4.98 Å². The van der Waals surface area contributed by atoms with Crippen molar-refractivity contribution < 1.29 is 14.3 Å². The van der Waals surface area contributed by atoms with E-state index in [0.29, 0.717) is 22.9 Å². The maximum Gasteiger partial charge on any atom is 0.312 e. The molecule has 110 valence electrons. The lowest BCUT2D eigenvalue weighted by Gasteiger charge is -2.16. The summed E-state index contributed by atoms with van der Waals surface area (Å²) in [7, 11) is 0. The molecule has 3 rings (SSSR count). The van der Waals surface area contributed by atoms with Crippen molar-refractivity contribution in [2.75, 3.05) is 5.32 Å². The molecular weight excluding hydrogens is 291 g/mol. The van der Waals surface area contributed by atoms with Gasteiger partial charge in [0.2, 0.25) is 0 Å². The van der Waals surface area contributed by atoms with E-state index in [0.717, 1.165) is 23.3 Å². The van der Waals surface area contributed by atoms with Gasteiger partial charge >= 0.3 is 5.97 Å². The van der Waals surface area contributed by atoms with Crippen molar-refractivity contribution in [3.05, 3.63) is 40.2 Å². The Morgan fingerprint density at radius 2 is 2.33 bits per heavy atom. The molecule has 21 heavy (non-hydrogen) atoms. The van der Waals surface area contributed by atoms with Crippen LogP contribution in [-0.4, -0.2) is 16.1 Å². The predicted molar refractivity (Wildman–Crippen MR) is 79.8 cm³/mol. The smallest absolute Gasteiger partial charge is 0.312 e. The summed E-state index contributed by atoms with van der Waals surface area (Å²) in [5.74, 6) is -1.72. The molecule has 1 aromatic carbocycles. The van der Waals surface area contributed by atoms with Gasteiger partial charge in [-0.3, -0.25) is 4.79 Å². The number of carboxylic acids is 1. The molecule has 0 amide bonds. The van der Waals surface area contributed by atoms with Crippen LogP contribution < -0.4 is 5.32 Å². The van der Waals surface area contributed by atoms with Crippen molar-refractivity contribution in [1.29, 1.82) is 0 Å². The summed E-state index contributed by atoms with van der Waals surface area (Å²) >= 11 is 1.41. The molecule has 1 unspecified atom stereocenters. The van der Waals surface area contributed by atoms with Gasteiger partial charge in [-0.15, -0.1) is 11.3 Å². The van der Waals surface area contributed by atoms with E-state index in [1.165, 1.54) is 17.4 Å². The highest BCUT2D eigenvalue weighted by atomic mass is 32.1. The number of aromatic nitrogens is 1. The number of nitrogens with one attached hydrogen (secondary N) is 1. The van der Waals surface area contributed by atoms with Crippen LogP contribution >= 0.6 is 11.3 Å². The fraction of sp³-hybridized carbons (Fsp3) is 0.333. The van der Waals surface area contributed by atoms with Crippen molar-refractivity contribution in [3.63, 3.8) is 0 Å². The van der Waals surface area contributed by atoms with E-state index in [1.807, 2.05) is 6.92 Å². The lowest BCUT2D eigenvalue weighted by molar-refractivity contribution is -0.139. The van der Waals surface area contributed by atoms with Crippen LogP contribution in [0.4, 0.5) is 15.2 Å². The Morgan fingerprint density at radius 1 is 1.52 bits per heavy atom. The molecule has 0 saturated carbocycles. The zero-order valence-electron chi connectivity index (χ0n) is 11.5. The van der Waals surface area contributed by atoms with Gasteiger partial charge in [-0.2, -0.15) is 0 Å². The van der Waals surface area contributed by atoms with Crippen LogP contribution in [0.3, 0.4) is 0 Å². The quantitative estimate of drug-likeness (QED) is 0.904. The van der Waals surface area contributed by atoms with Gasteiger partial charge < -0.3 is 10.4 Å². The summed E-state index contributed by atoms with van der Waals surface area (Å²) in [5.41, 5.74) is 1.95. The Kier molecular flexibility index (Phi) is 3.63. The number of hydrogen-bond donors (Lipinski definition) is 2. The van der Waals surface area contributed by atoms with E-state index in [1.54, 1.807) is 12.1 Å². The molecule has 1 aliphatic rings. The zero-order chi connectivity index (χ0) is 15.0. The first-order valence-corrected chi connectivity index (χ1v) is 7.62. The number of carboxylic acid groups (broad SMARTS) is 1. The fourth-order valence-corrected chi connectivity index (χ4v) is 3.64. The first-order chi connectivity index (χ1) is 10.0. The lowest BCUT2D eigenvalue weighted by Crippen LogP contribution is -2.17. The van der Waals surface area contributed by atoms with Crippen LogP contribution in [0, 0.1) is 12.7 Å². The van der Waals surface area contributed by atoms with E-state index in [4.69, 9.17) is 0 Å². The molecule has 0 spiro atoms. The van der Waals surface area contributed by atoms with Crippen LogP contribution in [-0.2, 0) is 11.2 Å². The molecule has 2 aromatic rings. The monoisotopic (exact) mass is 306 g/mol. The van der Waals surface area contributed by atoms with Crippen LogP contribution in [0.1, 0.15) is 34.9 Å². The Hall–Kier alpha value is -1.95. The summed E-state index contributed by atoms with van der Waals surface area (Å²) < 4.78 is 13.8. The molecule has 0 fully saturated rings.